The van der Waals surface area contributed by atoms with E-state index in [4.69, 9.17) is 14.2 Å². The summed E-state index contributed by atoms with van der Waals surface area (Å²) in [5, 5.41) is 0.508. The van der Waals surface area contributed by atoms with Crippen LogP contribution in [0.2, 0.25) is 0 Å². The van der Waals surface area contributed by atoms with Gasteiger partial charge in [0, 0.05) is 44.4 Å². The summed E-state index contributed by atoms with van der Waals surface area (Å²) in [7, 11) is 0. The number of hydrogen-bond acceptors (Lipinski definition) is 8. The van der Waals surface area contributed by atoms with Crippen LogP contribution in [-0.4, -0.2) is 65.3 Å². The Morgan fingerprint density at radius 2 is 1.57 bits per heavy atom. The predicted octanol–water partition coefficient (Wildman–Crippen LogP) is 4.64. The molecule has 0 unspecified atom stereocenters. The van der Waals surface area contributed by atoms with E-state index in [9.17, 15) is 18.8 Å². The Balaban J connectivity index is 1.09. The molecule has 0 radical (unpaired) electrons. The molecule has 3 heterocycles. The summed E-state index contributed by atoms with van der Waals surface area (Å²) >= 11 is 0. The van der Waals surface area contributed by atoms with Gasteiger partial charge in [-0.15, -0.1) is 0 Å². The van der Waals surface area contributed by atoms with Gasteiger partial charge in [0.25, 0.3) is 5.91 Å². The van der Waals surface area contributed by atoms with Gasteiger partial charge in [0.15, 0.2) is 29.7 Å². The molecule has 226 valence electrons. The molecule has 1 aliphatic carbocycles. The van der Waals surface area contributed by atoms with E-state index < -0.39 is 17.0 Å². The molecule has 1 saturated heterocycles. The lowest BCUT2D eigenvalue weighted by Crippen LogP contribution is -2.43. The first-order chi connectivity index (χ1) is 21.3. The number of ether oxygens (including phenoxy) is 3. The van der Waals surface area contributed by atoms with Crippen molar-refractivity contribution in [2.75, 3.05) is 32.9 Å². The topological polar surface area (TPSA) is 108 Å². The van der Waals surface area contributed by atoms with Crippen LogP contribution < -0.4 is 9.47 Å². The summed E-state index contributed by atoms with van der Waals surface area (Å²) < 4.78 is 45.0. The molecule has 2 aliphatic rings. The molecule has 0 bridgehead atoms. The number of hydrogen-bond donors (Lipinski definition) is 0. The first-order valence-corrected chi connectivity index (χ1v) is 14.3. The van der Waals surface area contributed by atoms with Crippen molar-refractivity contribution in [3.05, 3.63) is 89.8 Å². The Morgan fingerprint density at radius 3 is 2.27 bits per heavy atom. The highest BCUT2D eigenvalue weighted by atomic mass is 19.1. The molecular formula is C33H29F2N3O6. The van der Waals surface area contributed by atoms with Gasteiger partial charge in [0.05, 0.1) is 29.5 Å². The SMILES string of the molecule is O=C(COc1cc2nccc(Oc3ccc(CC(=O)C4(C(=O)Cc5ccc(F)cc5)CC4)cc3F)c2cn1)N1CCOCC1. The number of halogens is 2. The van der Waals surface area contributed by atoms with Crippen molar-refractivity contribution >= 4 is 28.4 Å². The summed E-state index contributed by atoms with van der Waals surface area (Å²) in [5.41, 5.74) is 0.482. The molecule has 44 heavy (non-hydrogen) atoms. The van der Waals surface area contributed by atoms with Gasteiger partial charge in [-0.05, 0) is 54.3 Å². The second kappa shape index (κ2) is 12.5. The lowest BCUT2D eigenvalue weighted by molar-refractivity contribution is -0.137. The van der Waals surface area contributed by atoms with E-state index >= 15 is 4.39 Å². The van der Waals surface area contributed by atoms with Crippen molar-refractivity contribution in [2.45, 2.75) is 25.7 Å². The molecule has 9 nitrogen and oxygen atoms in total. The molecule has 1 aliphatic heterocycles. The second-order valence-electron chi connectivity index (χ2n) is 10.9. The van der Waals surface area contributed by atoms with E-state index in [1.165, 1.54) is 48.8 Å². The van der Waals surface area contributed by atoms with Crippen LogP contribution in [0.25, 0.3) is 10.9 Å². The number of nitrogens with zero attached hydrogens (tertiary/aromatic N) is 3. The number of ketones is 2. The van der Waals surface area contributed by atoms with Crippen molar-refractivity contribution in [3.8, 4) is 17.4 Å². The van der Waals surface area contributed by atoms with E-state index in [2.05, 4.69) is 9.97 Å². The van der Waals surface area contributed by atoms with Crippen LogP contribution in [0, 0.1) is 17.0 Å². The van der Waals surface area contributed by atoms with Crippen molar-refractivity contribution in [2.24, 2.45) is 5.41 Å². The number of morpholine rings is 1. The molecule has 11 heteroatoms. The number of fused-ring (bicyclic) bond motifs is 1. The molecule has 0 N–H and O–H groups in total. The summed E-state index contributed by atoms with van der Waals surface area (Å²) in [6, 6.07) is 13.0. The summed E-state index contributed by atoms with van der Waals surface area (Å²) in [5.74, 6) is -1.22. The Labute approximate surface area is 251 Å². The third-order valence-corrected chi connectivity index (χ3v) is 7.95. The molecule has 1 amide bonds. The minimum absolute atomic E-state index is 0.0437. The zero-order chi connectivity index (χ0) is 30.7. The smallest absolute Gasteiger partial charge is 0.260 e. The highest BCUT2D eigenvalue weighted by Crippen LogP contribution is 2.49. The summed E-state index contributed by atoms with van der Waals surface area (Å²) in [6.45, 7) is 1.86. The normalized spacial score (nSPS) is 15.5. The number of aromatic nitrogens is 2. The third kappa shape index (κ3) is 6.42. The zero-order valence-corrected chi connectivity index (χ0v) is 23.8. The fourth-order valence-corrected chi connectivity index (χ4v) is 5.21. The lowest BCUT2D eigenvalue weighted by atomic mass is 9.88. The van der Waals surface area contributed by atoms with Crippen LogP contribution in [0.1, 0.15) is 24.0 Å². The van der Waals surface area contributed by atoms with Crippen molar-refractivity contribution in [1.29, 1.82) is 0 Å². The van der Waals surface area contributed by atoms with Gasteiger partial charge in [0.2, 0.25) is 5.88 Å². The maximum Gasteiger partial charge on any atom is 0.260 e. The largest absolute Gasteiger partial charge is 0.467 e. The fourth-order valence-electron chi connectivity index (χ4n) is 5.21. The first-order valence-electron chi connectivity index (χ1n) is 14.3. The van der Waals surface area contributed by atoms with Crippen LogP contribution in [-0.2, 0) is 32.0 Å². The van der Waals surface area contributed by atoms with Gasteiger partial charge in [0.1, 0.15) is 11.6 Å². The molecule has 4 aromatic rings. The Bertz CT molecular complexity index is 1720. The number of carbonyl (C=O) groups is 3. The molecule has 1 saturated carbocycles. The predicted molar refractivity (Wildman–Crippen MR) is 154 cm³/mol. The van der Waals surface area contributed by atoms with Gasteiger partial charge in [-0.1, -0.05) is 18.2 Å². The highest BCUT2D eigenvalue weighted by molar-refractivity contribution is 6.11. The molecular weight excluding hydrogens is 572 g/mol. The standard InChI is InChI=1S/C33H29F2N3O6/c34-23-4-1-21(2-5-23)16-29(39)33(8-9-33)30(40)17-22-3-6-28(25(35)15-22)44-27-7-10-36-26-18-31(37-19-24(26)27)43-20-32(41)38-11-13-42-14-12-38/h1-7,10,15,18-19H,8-9,11-14,16-17,20H2. The molecule has 0 spiro atoms. The van der Waals surface area contributed by atoms with Crippen LogP contribution in [0.15, 0.2) is 67.0 Å². The van der Waals surface area contributed by atoms with Crippen LogP contribution >= 0.6 is 0 Å². The Kier molecular flexibility index (Phi) is 8.30. The van der Waals surface area contributed by atoms with E-state index in [1.54, 1.807) is 23.1 Å². The van der Waals surface area contributed by atoms with Crippen LogP contribution in [0.3, 0.4) is 0 Å². The summed E-state index contributed by atoms with van der Waals surface area (Å²) in [6.07, 6.45) is 3.84. The van der Waals surface area contributed by atoms with Gasteiger partial charge in [-0.25, -0.2) is 13.8 Å². The van der Waals surface area contributed by atoms with E-state index in [0.717, 1.165) is 0 Å². The molecule has 2 fully saturated rings. The number of carbonyl (C=O) groups excluding carboxylic acids is 3. The number of benzene rings is 2. The highest BCUT2D eigenvalue weighted by Gasteiger charge is 2.54. The quantitative estimate of drug-likeness (QED) is 0.229. The van der Waals surface area contributed by atoms with Gasteiger partial charge < -0.3 is 19.1 Å². The monoisotopic (exact) mass is 601 g/mol. The minimum Gasteiger partial charge on any atom is -0.467 e. The minimum atomic E-state index is -1.07. The summed E-state index contributed by atoms with van der Waals surface area (Å²) in [4.78, 5) is 48.7. The van der Waals surface area contributed by atoms with Crippen LogP contribution in [0.5, 0.6) is 17.4 Å². The maximum absolute atomic E-state index is 15.1. The Hall–Kier alpha value is -4.77. The number of Topliss-reactive ketones (excluding diaryl/α,β-unsaturated/α-hetero) is 2. The van der Waals surface area contributed by atoms with Crippen LogP contribution in [0.4, 0.5) is 8.78 Å². The zero-order valence-electron chi connectivity index (χ0n) is 23.8. The lowest BCUT2D eigenvalue weighted by Gasteiger charge is -2.26. The molecule has 2 aromatic carbocycles. The number of rotatable bonds is 11. The fraction of sp³-hybridized carbons (Fsp3) is 0.303. The van der Waals surface area contributed by atoms with E-state index in [1.807, 2.05) is 0 Å². The van der Waals surface area contributed by atoms with Crippen molar-refractivity contribution in [3.63, 3.8) is 0 Å². The van der Waals surface area contributed by atoms with Crippen molar-refractivity contribution in [1.82, 2.24) is 14.9 Å². The molecule has 0 atom stereocenters. The number of pyridine rings is 2. The number of amides is 1. The average Bonchev–Trinajstić information content (AvgIpc) is 3.85. The molecule has 2 aromatic heterocycles. The van der Waals surface area contributed by atoms with Gasteiger partial charge in [-0.2, -0.15) is 0 Å². The average molecular weight is 602 g/mol. The maximum atomic E-state index is 15.1. The van der Waals surface area contributed by atoms with Crippen molar-refractivity contribution < 1.29 is 37.4 Å². The first kappa shape index (κ1) is 29.3. The van der Waals surface area contributed by atoms with E-state index in [-0.39, 0.29) is 48.6 Å². The second-order valence-corrected chi connectivity index (χ2v) is 10.9. The Morgan fingerprint density at radius 1 is 0.864 bits per heavy atom. The van der Waals surface area contributed by atoms with Gasteiger partial charge >= 0.3 is 0 Å². The van der Waals surface area contributed by atoms with E-state index in [0.29, 0.717) is 66.9 Å². The van der Waals surface area contributed by atoms with Gasteiger partial charge in [-0.3, -0.25) is 19.4 Å². The third-order valence-electron chi connectivity index (χ3n) is 7.95. The molecule has 6 rings (SSSR count).